The summed E-state index contributed by atoms with van der Waals surface area (Å²) in [6.07, 6.45) is -5.78. The van der Waals surface area contributed by atoms with E-state index in [-0.39, 0.29) is 5.56 Å². The van der Waals surface area contributed by atoms with Crippen molar-refractivity contribution in [3.63, 3.8) is 0 Å². The third kappa shape index (κ3) is 5.22. The second-order valence-electron chi connectivity index (χ2n) is 5.13. The molecule has 0 saturated carbocycles. The van der Waals surface area contributed by atoms with Crippen LogP contribution in [0.4, 0.5) is 18.9 Å². The molecule has 2 aromatic rings. The topological polar surface area (TPSA) is 55.4 Å². The van der Waals surface area contributed by atoms with E-state index < -0.39 is 29.7 Å². The summed E-state index contributed by atoms with van der Waals surface area (Å²) in [4.78, 5) is 24.0. The Morgan fingerprint density at radius 3 is 2.44 bits per heavy atom. The van der Waals surface area contributed by atoms with Gasteiger partial charge in [0.15, 0.2) is 6.10 Å². The van der Waals surface area contributed by atoms with Crippen molar-refractivity contribution in [2.24, 2.45) is 0 Å². The van der Waals surface area contributed by atoms with E-state index in [1.807, 2.05) is 0 Å². The van der Waals surface area contributed by atoms with Gasteiger partial charge in [-0.15, -0.1) is 0 Å². The van der Waals surface area contributed by atoms with Crippen LogP contribution in [0.5, 0.6) is 0 Å². The molecule has 0 spiro atoms. The van der Waals surface area contributed by atoms with Crippen molar-refractivity contribution >= 4 is 29.2 Å². The minimum absolute atomic E-state index is 0.294. The number of esters is 1. The molecule has 25 heavy (non-hydrogen) atoms. The van der Waals surface area contributed by atoms with Crippen LogP contribution in [0.15, 0.2) is 48.5 Å². The first-order valence-corrected chi connectivity index (χ1v) is 7.49. The highest BCUT2D eigenvalue weighted by Crippen LogP contribution is 2.29. The maximum absolute atomic E-state index is 12.7. The van der Waals surface area contributed by atoms with Gasteiger partial charge in [0, 0.05) is 10.7 Å². The van der Waals surface area contributed by atoms with E-state index in [4.69, 9.17) is 16.3 Å². The molecule has 0 aliphatic rings. The molecule has 0 aliphatic carbocycles. The van der Waals surface area contributed by atoms with Crippen molar-refractivity contribution in [2.75, 3.05) is 5.32 Å². The Morgan fingerprint density at radius 1 is 1.12 bits per heavy atom. The van der Waals surface area contributed by atoms with Crippen LogP contribution in [0.1, 0.15) is 22.8 Å². The van der Waals surface area contributed by atoms with E-state index >= 15 is 0 Å². The molecule has 0 radical (unpaired) electrons. The molecule has 2 aromatic carbocycles. The summed E-state index contributed by atoms with van der Waals surface area (Å²) in [7, 11) is 0. The van der Waals surface area contributed by atoms with Crippen LogP contribution >= 0.6 is 11.6 Å². The highest BCUT2D eigenvalue weighted by Gasteiger charge is 2.31. The zero-order valence-corrected chi connectivity index (χ0v) is 13.7. The molecule has 0 fully saturated rings. The predicted octanol–water partition coefficient (Wildman–Crippen LogP) is 4.54. The number of carbonyl (C=O) groups excluding carboxylic acids is 2. The number of rotatable bonds is 4. The molecule has 0 unspecified atom stereocenters. The number of hydrogen-bond donors (Lipinski definition) is 1. The fourth-order valence-electron chi connectivity index (χ4n) is 1.91. The van der Waals surface area contributed by atoms with E-state index in [1.165, 1.54) is 19.1 Å². The Balaban J connectivity index is 2.03. The molecule has 0 saturated heterocycles. The number of ether oxygens (including phenoxy) is 1. The Hall–Kier alpha value is -2.54. The second kappa shape index (κ2) is 7.57. The first kappa shape index (κ1) is 18.8. The highest BCUT2D eigenvalue weighted by atomic mass is 35.5. The van der Waals surface area contributed by atoms with E-state index in [9.17, 15) is 22.8 Å². The van der Waals surface area contributed by atoms with Crippen LogP contribution in [-0.2, 0) is 15.7 Å². The quantitative estimate of drug-likeness (QED) is 0.803. The van der Waals surface area contributed by atoms with Gasteiger partial charge in [0.1, 0.15) is 0 Å². The van der Waals surface area contributed by atoms with Gasteiger partial charge >= 0.3 is 12.1 Å². The fourth-order valence-corrected chi connectivity index (χ4v) is 2.11. The zero-order valence-electron chi connectivity index (χ0n) is 12.9. The third-order valence-electron chi connectivity index (χ3n) is 3.17. The lowest BCUT2D eigenvalue weighted by Crippen LogP contribution is -2.30. The van der Waals surface area contributed by atoms with Crippen LogP contribution in [0.25, 0.3) is 0 Å². The summed E-state index contributed by atoms with van der Waals surface area (Å²) >= 11 is 5.80. The summed E-state index contributed by atoms with van der Waals surface area (Å²) in [6.45, 7) is 1.31. The minimum Gasteiger partial charge on any atom is -0.449 e. The lowest BCUT2D eigenvalue weighted by Gasteiger charge is -2.14. The Bertz CT molecular complexity index is 793. The van der Waals surface area contributed by atoms with Crippen molar-refractivity contribution in [2.45, 2.75) is 19.2 Å². The number of benzene rings is 2. The summed E-state index contributed by atoms with van der Waals surface area (Å²) in [5.41, 5.74) is -0.866. The van der Waals surface area contributed by atoms with Gasteiger partial charge in [-0.2, -0.15) is 13.2 Å². The molecule has 0 bridgehead atoms. The smallest absolute Gasteiger partial charge is 0.416 e. The standard InChI is InChI=1S/C17H13ClF3NO3/c1-10(15(23)22-14-7-3-6-13(18)9-14)25-16(24)11-4-2-5-12(8-11)17(19,20)21/h2-10H,1H3,(H,22,23)/t10-/m0/s1. The predicted molar refractivity (Wildman–Crippen MR) is 86.4 cm³/mol. The summed E-state index contributed by atoms with van der Waals surface area (Å²) in [5, 5.41) is 2.90. The van der Waals surface area contributed by atoms with Crippen molar-refractivity contribution in [3.05, 3.63) is 64.7 Å². The van der Waals surface area contributed by atoms with Gasteiger partial charge in [-0.3, -0.25) is 4.79 Å². The van der Waals surface area contributed by atoms with Gasteiger partial charge in [0.25, 0.3) is 5.91 Å². The van der Waals surface area contributed by atoms with Crippen LogP contribution < -0.4 is 5.32 Å². The van der Waals surface area contributed by atoms with Gasteiger partial charge < -0.3 is 10.1 Å². The van der Waals surface area contributed by atoms with Crippen LogP contribution in [0.2, 0.25) is 5.02 Å². The lowest BCUT2D eigenvalue weighted by atomic mass is 10.1. The molecule has 1 atom stereocenters. The average Bonchev–Trinajstić information content (AvgIpc) is 2.54. The molecule has 1 amide bonds. The molecule has 1 N–H and O–H groups in total. The fraction of sp³-hybridized carbons (Fsp3) is 0.176. The van der Waals surface area contributed by atoms with E-state index in [0.29, 0.717) is 16.8 Å². The first-order valence-electron chi connectivity index (χ1n) is 7.11. The van der Waals surface area contributed by atoms with Crippen LogP contribution in [-0.4, -0.2) is 18.0 Å². The van der Waals surface area contributed by atoms with E-state index in [0.717, 1.165) is 12.1 Å². The van der Waals surface area contributed by atoms with E-state index in [2.05, 4.69) is 5.32 Å². The first-order chi connectivity index (χ1) is 11.7. The SMILES string of the molecule is C[C@H](OC(=O)c1cccc(C(F)(F)F)c1)C(=O)Nc1cccc(Cl)c1. The number of nitrogens with one attached hydrogen (secondary N) is 1. The molecule has 4 nitrogen and oxygen atoms in total. The van der Waals surface area contributed by atoms with Crippen molar-refractivity contribution < 1.29 is 27.5 Å². The maximum atomic E-state index is 12.7. The number of anilines is 1. The summed E-state index contributed by atoms with van der Waals surface area (Å²) < 4.78 is 42.9. The lowest BCUT2D eigenvalue weighted by molar-refractivity contribution is -0.137. The summed E-state index contributed by atoms with van der Waals surface area (Å²) in [5.74, 6) is -1.66. The molecule has 0 aliphatic heterocycles. The maximum Gasteiger partial charge on any atom is 0.416 e. The zero-order chi connectivity index (χ0) is 18.6. The largest absolute Gasteiger partial charge is 0.449 e. The molecule has 0 aromatic heterocycles. The Morgan fingerprint density at radius 2 is 1.80 bits per heavy atom. The second-order valence-corrected chi connectivity index (χ2v) is 5.56. The number of carbonyl (C=O) groups is 2. The number of amides is 1. The van der Waals surface area contributed by atoms with Crippen molar-refractivity contribution in [3.8, 4) is 0 Å². The van der Waals surface area contributed by atoms with Crippen molar-refractivity contribution in [1.29, 1.82) is 0 Å². The third-order valence-corrected chi connectivity index (χ3v) is 3.41. The Labute approximate surface area is 146 Å². The molecular formula is C17H13ClF3NO3. The average molecular weight is 372 g/mol. The number of hydrogen-bond acceptors (Lipinski definition) is 3. The van der Waals surface area contributed by atoms with Gasteiger partial charge in [0.2, 0.25) is 0 Å². The Kier molecular flexibility index (Phi) is 5.69. The molecule has 132 valence electrons. The molecular weight excluding hydrogens is 359 g/mol. The van der Waals surface area contributed by atoms with E-state index in [1.54, 1.807) is 18.2 Å². The van der Waals surface area contributed by atoms with Gasteiger partial charge in [0.05, 0.1) is 11.1 Å². The van der Waals surface area contributed by atoms with Crippen LogP contribution in [0, 0.1) is 0 Å². The number of alkyl halides is 3. The van der Waals surface area contributed by atoms with Gasteiger partial charge in [-0.25, -0.2) is 4.79 Å². The van der Waals surface area contributed by atoms with Crippen LogP contribution in [0.3, 0.4) is 0 Å². The molecule has 0 heterocycles. The molecule has 8 heteroatoms. The normalized spacial score (nSPS) is 12.4. The van der Waals surface area contributed by atoms with Gasteiger partial charge in [-0.1, -0.05) is 23.7 Å². The number of halogens is 4. The van der Waals surface area contributed by atoms with Crippen molar-refractivity contribution in [1.82, 2.24) is 0 Å². The van der Waals surface area contributed by atoms with Gasteiger partial charge in [-0.05, 0) is 43.3 Å². The highest BCUT2D eigenvalue weighted by molar-refractivity contribution is 6.30. The molecule has 2 rings (SSSR count). The minimum atomic E-state index is -4.58. The summed E-state index contributed by atoms with van der Waals surface area (Å²) in [6, 6.07) is 10.1. The monoisotopic (exact) mass is 371 g/mol.